The fourth-order valence-corrected chi connectivity index (χ4v) is 5.44. The van der Waals surface area contributed by atoms with Gasteiger partial charge in [-0.15, -0.1) is 0 Å². The molecule has 39 heavy (non-hydrogen) atoms. The molecule has 0 aliphatic rings. The maximum absolute atomic E-state index is 12.8. The van der Waals surface area contributed by atoms with Crippen molar-refractivity contribution in [3.05, 3.63) is 69.9 Å². The van der Waals surface area contributed by atoms with E-state index >= 15 is 0 Å². The highest BCUT2D eigenvalue weighted by molar-refractivity contribution is 7.61. The van der Waals surface area contributed by atoms with Gasteiger partial charge in [-0.1, -0.05) is 69.9 Å². The minimum atomic E-state index is -5.07. The van der Waals surface area contributed by atoms with Crippen molar-refractivity contribution in [3.8, 4) is 0 Å². The van der Waals surface area contributed by atoms with Crippen LogP contribution in [0.5, 0.6) is 0 Å². The molecule has 0 aliphatic heterocycles. The van der Waals surface area contributed by atoms with Crippen LogP contribution >= 0.6 is 15.6 Å². The third-order valence-electron chi connectivity index (χ3n) is 5.78. The van der Waals surface area contributed by atoms with Gasteiger partial charge < -0.3 is 9.79 Å². The minimum absolute atomic E-state index is 0.144. The van der Waals surface area contributed by atoms with Crippen molar-refractivity contribution in [2.75, 3.05) is 13.2 Å². The summed E-state index contributed by atoms with van der Waals surface area (Å²) in [4.78, 5) is 18.3. The lowest BCUT2D eigenvalue weighted by Crippen LogP contribution is -2.01. The van der Waals surface area contributed by atoms with E-state index in [1.54, 1.807) is 12.2 Å². The Hall–Kier alpha value is -1.30. The highest BCUT2D eigenvalue weighted by Crippen LogP contribution is 2.61. The molecule has 0 saturated heterocycles. The first kappa shape index (κ1) is 37.7. The maximum atomic E-state index is 12.8. The van der Waals surface area contributed by atoms with Crippen molar-refractivity contribution in [1.82, 2.24) is 0 Å². The topological polar surface area (TPSA) is 102 Å². The monoisotopic (exact) mass is 586 g/mol. The van der Waals surface area contributed by atoms with Gasteiger partial charge in [-0.05, 0) is 107 Å². The van der Waals surface area contributed by atoms with E-state index in [-0.39, 0.29) is 13.2 Å². The summed E-state index contributed by atoms with van der Waals surface area (Å²) in [6.07, 6.45) is 19.9. The Labute approximate surface area is 237 Å². The van der Waals surface area contributed by atoms with Crippen molar-refractivity contribution >= 4 is 15.6 Å². The van der Waals surface area contributed by atoms with Gasteiger partial charge >= 0.3 is 15.6 Å². The second kappa shape index (κ2) is 20.6. The Morgan fingerprint density at radius 3 is 1.15 bits per heavy atom. The average Bonchev–Trinajstić information content (AvgIpc) is 2.77. The number of hydrogen-bond acceptors (Lipinski definition) is 5. The molecule has 0 spiro atoms. The van der Waals surface area contributed by atoms with Crippen LogP contribution in [0.4, 0.5) is 0 Å². The van der Waals surface area contributed by atoms with Gasteiger partial charge in [0.05, 0.1) is 13.2 Å². The molecule has 0 heterocycles. The molecule has 0 rings (SSSR count). The van der Waals surface area contributed by atoms with Crippen LogP contribution in [0.15, 0.2) is 69.9 Å². The average molecular weight is 587 g/mol. The smallest absolute Gasteiger partial charge is 0.302 e. The molecule has 1 unspecified atom stereocenters. The summed E-state index contributed by atoms with van der Waals surface area (Å²) >= 11 is 0. The predicted octanol–water partition coefficient (Wildman–Crippen LogP) is 10.1. The highest BCUT2D eigenvalue weighted by atomic mass is 31.3. The summed E-state index contributed by atoms with van der Waals surface area (Å²) in [5, 5.41) is 0. The van der Waals surface area contributed by atoms with E-state index in [9.17, 15) is 9.13 Å². The molecular weight excluding hydrogens is 534 g/mol. The molecule has 0 aromatic rings. The van der Waals surface area contributed by atoms with Crippen LogP contribution < -0.4 is 0 Å². The second-order valence-corrected chi connectivity index (χ2v) is 13.6. The zero-order valence-corrected chi connectivity index (χ0v) is 27.2. The molecule has 2 N–H and O–H groups in total. The summed E-state index contributed by atoms with van der Waals surface area (Å²) in [5.41, 5.74) is 7.36. The van der Waals surface area contributed by atoms with Crippen LogP contribution in [0.2, 0.25) is 0 Å². The van der Waals surface area contributed by atoms with Gasteiger partial charge in [0.25, 0.3) is 0 Å². The third kappa shape index (κ3) is 24.2. The van der Waals surface area contributed by atoms with Gasteiger partial charge in [0.2, 0.25) is 0 Å². The van der Waals surface area contributed by atoms with E-state index in [1.807, 2.05) is 27.7 Å². The summed E-state index contributed by atoms with van der Waals surface area (Å²) in [6.45, 7) is 16.2. The molecule has 9 heteroatoms. The van der Waals surface area contributed by atoms with Gasteiger partial charge in [0, 0.05) is 0 Å². The van der Waals surface area contributed by atoms with Crippen molar-refractivity contribution in [1.29, 1.82) is 0 Å². The summed E-state index contributed by atoms with van der Waals surface area (Å²) in [7, 11) is -9.53. The van der Waals surface area contributed by atoms with Crippen LogP contribution in [-0.2, 0) is 22.5 Å². The van der Waals surface area contributed by atoms with Crippen molar-refractivity contribution < 1.29 is 32.3 Å². The number of phosphoric ester groups is 1. The molecule has 0 fully saturated rings. The molecule has 0 radical (unpaired) electrons. The summed E-state index contributed by atoms with van der Waals surface area (Å²) in [5.74, 6) is 0. The van der Waals surface area contributed by atoms with Crippen molar-refractivity contribution in [2.24, 2.45) is 0 Å². The van der Waals surface area contributed by atoms with E-state index in [1.165, 1.54) is 22.3 Å². The zero-order valence-electron chi connectivity index (χ0n) is 25.4. The molecule has 0 aromatic heterocycles. The lowest BCUT2D eigenvalue weighted by molar-refractivity contribution is 0.159. The molecule has 224 valence electrons. The Morgan fingerprint density at radius 2 is 0.846 bits per heavy atom. The minimum Gasteiger partial charge on any atom is -0.302 e. The molecule has 0 saturated carbocycles. The van der Waals surface area contributed by atoms with E-state index in [0.717, 1.165) is 62.5 Å². The largest absolute Gasteiger partial charge is 0.484 e. The van der Waals surface area contributed by atoms with E-state index < -0.39 is 15.6 Å². The number of rotatable bonds is 20. The standard InChI is InChI=1S/C30H52O7P2/c1-25(2)13-9-15-27(5)17-11-18-28(6)19-12-20-30(8)22-24-36-39(34,37-38(31,32)33)35-23-21-29(7)16-10-14-26(3)4/h13-14,17,19,21-22H,9-12,15-16,18,20,23-24H2,1-8H3,(H2,31,32,33)/b27-17+,28-19?,29-21+,30-22+. The number of phosphoric acid groups is 2. The second-order valence-electron chi connectivity index (χ2n) is 10.5. The predicted molar refractivity (Wildman–Crippen MR) is 163 cm³/mol. The van der Waals surface area contributed by atoms with E-state index in [2.05, 4.69) is 56.3 Å². The van der Waals surface area contributed by atoms with Gasteiger partial charge in [-0.25, -0.2) is 9.13 Å². The number of hydrogen-bond donors (Lipinski definition) is 2. The first-order valence-corrected chi connectivity index (χ1v) is 16.7. The Bertz CT molecular complexity index is 1000. The maximum Gasteiger partial charge on any atom is 0.484 e. The van der Waals surface area contributed by atoms with E-state index in [4.69, 9.17) is 18.8 Å². The fourth-order valence-electron chi connectivity index (χ4n) is 3.43. The van der Waals surface area contributed by atoms with Crippen molar-refractivity contribution in [3.63, 3.8) is 0 Å². The van der Waals surface area contributed by atoms with Gasteiger partial charge in [0.15, 0.2) is 0 Å². The molecule has 7 nitrogen and oxygen atoms in total. The zero-order chi connectivity index (χ0) is 29.9. The number of allylic oxidation sites excluding steroid dienone is 10. The first-order chi connectivity index (χ1) is 18.1. The van der Waals surface area contributed by atoms with Crippen LogP contribution in [0.25, 0.3) is 0 Å². The van der Waals surface area contributed by atoms with Crippen LogP contribution in [0.1, 0.15) is 107 Å². The van der Waals surface area contributed by atoms with Crippen molar-refractivity contribution in [2.45, 2.75) is 107 Å². The molecule has 0 aromatic carbocycles. The normalized spacial score (nSPS) is 15.2. The summed E-state index contributed by atoms with van der Waals surface area (Å²) in [6, 6.07) is 0. The fraction of sp³-hybridized carbons (Fsp3) is 0.600. The lowest BCUT2D eigenvalue weighted by Gasteiger charge is -2.17. The van der Waals surface area contributed by atoms with E-state index in [0.29, 0.717) is 0 Å². The molecule has 0 amide bonds. The third-order valence-corrected chi connectivity index (χ3v) is 8.36. The molecule has 0 bridgehead atoms. The molecule has 1 atom stereocenters. The van der Waals surface area contributed by atoms with Crippen LogP contribution in [0.3, 0.4) is 0 Å². The quantitative estimate of drug-likeness (QED) is 0.108. The molecule has 0 aliphatic carbocycles. The Morgan fingerprint density at radius 1 is 0.538 bits per heavy atom. The SMILES string of the molecule is CC(C)=CCC/C(C)=C/CCC(C)=CCC/C(C)=C/COP(=O)(OC/C=C(\C)CCC=C(C)C)OP(=O)(O)O. The Kier molecular flexibility index (Phi) is 19.9. The van der Waals surface area contributed by atoms with Crippen LogP contribution in [-0.4, -0.2) is 23.0 Å². The van der Waals surface area contributed by atoms with Crippen LogP contribution in [0, 0.1) is 0 Å². The van der Waals surface area contributed by atoms with Gasteiger partial charge in [0.1, 0.15) is 0 Å². The molecular formula is C30H52O7P2. The first-order valence-electron chi connectivity index (χ1n) is 13.7. The van der Waals surface area contributed by atoms with Gasteiger partial charge in [-0.2, -0.15) is 4.31 Å². The highest BCUT2D eigenvalue weighted by Gasteiger charge is 2.35. The van der Waals surface area contributed by atoms with Gasteiger partial charge in [-0.3, -0.25) is 9.05 Å². The summed E-state index contributed by atoms with van der Waals surface area (Å²) < 4.78 is 38.9. The lowest BCUT2D eigenvalue weighted by atomic mass is 10.0. The Balaban J connectivity index is 4.71.